The van der Waals surface area contributed by atoms with Gasteiger partial charge in [-0.3, -0.25) is 9.79 Å². The number of hydrogen-bond donors (Lipinski definition) is 2. The molecule has 0 saturated carbocycles. The van der Waals surface area contributed by atoms with Crippen LogP contribution in [0.2, 0.25) is 0 Å². The number of alkyl halides is 3. The standard InChI is InChI=1S/C19H25F4N3O/c1-6-14(17(19(21,22)23)26-10(2)3)18(27)25-9-15-11(4)7-13(8-24)16(20)12(15)5/h6-7,10H,8-9,24H2,1-5H3,(H,25,27)/b14-6+,26-17?. The Hall–Kier alpha value is -2.22. The maximum atomic E-state index is 14.2. The van der Waals surface area contributed by atoms with E-state index >= 15 is 0 Å². The normalized spacial score (nSPS) is 13.3. The fourth-order valence-electron chi connectivity index (χ4n) is 2.69. The molecule has 0 bridgehead atoms. The molecule has 3 N–H and O–H groups in total. The summed E-state index contributed by atoms with van der Waals surface area (Å²) in [4.78, 5) is 15.9. The first-order valence-electron chi connectivity index (χ1n) is 8.51. The van der Waals surface area contributed by atoms with Crippen LogP contribution in [0.15, 0.2) is 22.7 Å². The average Bonchev–Trinajstić information content (AvgIpc) is 2.56. The van der Waals surface area contributed by atoms with Crippen molar-refractivity contribution in [1.82, 2.24) is 5.32 Å². The molecule has 150 valence electrons. The fraction of sp³-hybridized carbons (Fsp3) is 0.474. The molecule has 1 amide bonds. The van der Waals surface area contributed by atoms with E-state index < -0.39 is 35.2 Å². The Morgan fingerprint density at radius 3 is 2.37 bits per heavy atom. The number of nitrogens with one attached hydrogen (secondary N) is 1. The number of aryl methyl sites for hydroxylation is 1. The number of benzene rings is 1. The molecular formula is C19H25F4N3O. The maximum Gasteiger partial charge on any atom is 0.433 e. The van der Waals surface area contributed by atoms with Crippen LogP contribution >= 0.6 is 0 Å². The number of amides is 1. The highest BCUT2D eigenvalue weighted by molar-refractivity contribution is 6.23. The smallest absolute Gasteiger partial charge is 0.348 e. The molecule has 0 fully saturated rings. The second-order valence-electron chi connectivity index (χ2n) is 6.43. The lowest BCUT2D eigenvalue weighted by atomic mass is 9.98. The second kappa shape index (κ2) is 9.12. The Morgan fingerprint density at radius 2 is 1.93 bits per heavy atom. The van der Waals surface area contributed by atoms with Crippen LogP contribution < -0.4 is 11.1 Å². The highest BCUT2D eigenvalue weighted by atomic mass is 19.4. The van der Waals surface area contributed by atoms with Gasteiger partial charge in [0.1, 0.15) is 5.82 Å². The molecule has 1 rings (SSSR count). The van der Waals surface area contributed by atoms with Gasteiger partial charge in [-0.25, -0.2) is 4.39 Å². The maximum absolute atomic E-state index is 14.2. The molecule has 0 radical (unpaired) electrons. The summed E-state index contributed by atoms with van der Waals surface area (Å²) in [5.41, 5.74) is 5.56. The summed E-state index contributed by atoms with van der Waals surface area (Å²) in [5, 5.41) is 2.44. The van der Waals surface area contributed by atoms with E-state index in [1.165, 1.54) is 20.8 Å². The number of rotatable bonds is 6. The highest BCUT2D eigenvalue weighted by Crippen LogP contribution is 2.24. The first-order valence-corrected chi connectivity index (χ1v) is 8.51. The topological polar surface area (TPSA) is 67.5 Å². The minimum atomic E-state index is -4.76. The van der Waals surface area contributed by atoms with Crippen LogP contribution in [0.1, 0.15) is 43.0 Å². The Bertz CT molecular complexity index is 765. The molecular weight excluding hydrogens is 362 g/mol. The first kappa shape index (κ1) is 22.8. The molecule has 0 heterocycles. The van der Waals surface area contributed by atoms with Gasteiger partial charge in [0.2, 0.25) is 0 Å². The molecule has 4 nitrogen and oxygen atoms in total. The van der Waals surface area contributed by atoms with Crippen LogP contribution in [0.25, 0.3) is 0 Å². The van der Waals surface area contributed by atoms with Crippen LogP contribution in [0, 0.1) is 19.7 Å². The third kappa shape index (κ3) is 5.63. The Kier molecular flexibility index (Phi) is 7.71. The van der Waals surface area contributed by atoms with Crippen LogP contribution in [0.5, 0.6) is 0 Å². The number of nitrogens with two attached hydrogens (primary N) is 1. The summed E-state index contributed by atoms with van der Waals surface area (Å²) in [6, 6.07) is 0.939. The van der Waals surface area contributed by atoms with Gasteiger partial charge in [-0.15, -0.1) is 0 Å². The molecule has 0 aliphatic carbocycles. The quantitative estimate of drug-likeness (QED) is 0.442. The van der Waals surface area contributed by atoms with E-state index in [1.54, 1.807) is 19.9 Å². The Morgan fingerprint density at radius 1 is 1.33 bits per heavy atom. The minimum Gasteiger partial charge on any atom is -0.348 e. The molecule has 0 aliphatic heterocycles. The number of carbonyl (C=O) groups is 1. The van der Waals surface area contributed by atoms with E-state index in [9.17, 15) is 22.4 Å². The van der Waals surface area contributed by atoms with Gasteiger partial charge in [0, 0.05) is 24.7 Å². The second-order valence-corrected chi connectivity index (χ2v) is 6.43. The summed E-state index contributed by atoms with van der Waals surface area (Å²) in [5.74, 6) is -1.40. The zero-order chi connectivity index (χ0) is 20.9. The van der Waals surface area contributed by atoms with Crippen molar-refractivity contribution in [1.29, 1.82) is 0 Å². The van der Waals surface area contributed by atoms with Gasteiger partial charge in [0.15, 0.2) is 5.71 Å². The van der Waals surface area contributed by atoms with E-state index in [-0.39, 0.29) is 13.1 Å². The molecule has 0 aliphatic rings. The molecule has 1 aromatic carbocycles. The summed E-state index contributed by atoms with van der Waals surface area (Å²) in [6.45, 7) is 7.51. The van der Waals surface area contributed by atoms with Crippen molar-refractivity contribution < 1.29 is 22.4 Å². The molecule has 0 spiro atoms. The minimum absolute atomic E-state index is 0.0312. The highest BCUT2D eigenvalue weighted by Gasteiger charge is 2.40. The number of nitrogens with zero attached hydrogens (tertiary/aromatic N) is 1. The van der Waals surface area contributed by atoms with Crippen molar-refractivity contribution in [3.63, 3.8) is 0 Å². The van der Waals surface area contributed by atoms with Crippen molar-refractivity contribution in [2.24, 2.45) is 10.7 Å². The SMILES string of the molecule is C/C=C(/C(=O)NCc1c(C)cc(CN)c(F)c1C)C(=NC(C)C)C(F)(F)F. The number of aliphatic imine (C=N–C) groups is 1. The number of halogens is 4. The Labute approximate surface area is 156 Å². The predicted octanol–water partition coefficient (Wildman–Crippen LogP) is 3.88. The monoisotopic (exact) mass is 387 g/mol. The van der Waals surface area contributed by atoms with E-state index in [0.717, 1.165) is 6.08 Å². The predicted molar refractivity (Wildman–Crippen MR) is 98.0 cm³/mol. The number of allylic oxidation sites excluding steroid dienone is 1. The van der Waals surface area contributed by atoms with Crippen LogP contribution in [0.3, 0.4) is 0 Å². The van der Waals surface area contributed by atoms with Crippen molar-refractivity contribution in [2.45, 2.75) is 59.9 Å². The van der Waals surface area contributed by atoms with E-state index in [4.69, 9.17) is 5.73 Å². The van der Waals surface area contributed by atoms with Crippen LogP contribution in [-0.4, -0.2) is 23.8 Å². The lowest BCUT2D eigenvalue weighted by Gasteiger charge is -2.17. The Balaban J connectivity index is 3.13. The van der Waals surface area contributed by atoms with Crippen molar-refractivity contribution >= 4 is 11.6 Å². The third-order valence-corrected chi connectivity index (χ3v) is 4.02. The first-order chi connectivity index (χ1) is 12.4. The molecule has 0 aromatic heterocycles. The van der Waals surface area contributed by atoms with E-state index in [1.807, 2.05) is 0 Å². The lowest BCUT2D eigenvalue weighted by Crippen LogP contribution is -2.35. The summed E-state index contributed by atoms with van der Waals surface area (Å²) < 4.78 is 54.1. The largest absolute Gasteiger partial charge is 0.433 e. The van der Waals surface area contributed by atoms with Crippen molar-refractivity contribution in [2.75, 3.05) is 0 Å². The van der Waals surface area contributed by atoms with Gasteiger partial charge < -0.3 is 11.1 Å². The number of carbonyl (C=O) groups excluding carboxylic acids is 1. The van der Waals surface area contributed by atoms with Crippen molar-refractivity contribution in [3.8, 4) is 0 Å². The van der Waals surface area contributed by atoms with Crippen LogP contribution in [-0.2, 0) is 17.9 Å². The van der Waals surface area contributed by atoms with Gasteiger partial charge in [0.25, 0.3) is 5.91 Å². The third-order valence-electron chi connectivity index (χ3n) is 4.02. The summed E-state index contributed by atoms with van der Waals surface area (Å²) in [7, 11) is 0. The van der Waals surface area contributed by atoms with Gasteiger partial charge in [-0.2, -0.15) is 13.2 Å². The van der Waals surface area contributed by atoms with E-state index in [0.29, 0.717) is 22.3 Å². The van der Waals surface area contributed by atoms with Crippen LogP contribution in [0.4, 0.5) is 17.6 Å². The molecule has 0 atom stereocenters. The molecule has 0 saturated heterocycles. The van der Waals surface area contributed by atoms with Gasteiger partial charge >= 0.3 is 6.18 Å². The van der Waals surface area contributed by atoms with E-state index in [2.05, 4.69) is 10.3 Å². The summed E-state index contributed by atoms with van der Waals surface area (Å²) >= 11 is 0. The average molecular weight is 387 g/mol. The van der Waals surface area contributed by atoms with Crippen molar-refractivity contribution in [3.05, 3.63) is 45.8 Å². The zero-order valence-electron chi connectivity index (χ0n) is 16.1. The molecule has 8 heteroatoms. The van der Waals surface area contributed by atoms with Gasteiger partial charge in [-0.05, 0) is 51.3 Å². The summed E-state index contributed by atoms with van der Waals surface area (Å²) in [6.07, 6.45) is -3.69. The van der Waals surface area contributed by atoms with Gasteiger partial charge in [-0.1, -0.05) is 12.1 Å². The fourth-order valence-corrected chi connectivity index (χ4v) is 2.69. The molecule has 27 heavy (non-hydrogen) atoms. The lowest BCUT2D eigenvalue weighted by molar-refractivity contribution is -0.117. The zero-order valence-corrected chi connectivity index (χ0v) is 16.1. The van der Waals surface area contributed by atoms with Gasteiger partial charge in [0.05, 0.1) is 5.57 Å². The molecule has 0 unspecified atom stereocenters. The molecule has 1 aromatic rings. The number of hydrogen-bond acceptors (Lipinski definition) is 3.